The number of hydrogen-bond donors (Lipinski definition) is 2. The summed E-state index contributed by atoms with van der Waals surface area (Å²) in [6.45, 7) is 9.01. The molecule has 1 aromatic heterocycles. The summed E-state index contributed by atoms with van der Waals surface area (Å²) in [4.78, 5) is 9.14. The third-order valence-electron chi connectivity index (χ3n) is 3.35. The summed E-state index contributed by atoms with van der Waals surface area (Å²) in [6, 6.07) is 1.98. The van der Waals surface area contributed by atoms with E-state index in [2.05, 4.69) is 41.4 Å². The lowest BCUT2D eigenvalue weighted by Crippen LogP contribution is -2.19. The molecule has 1 aliphatic heterocycles. The smallest absolute Gasteiger partial charge is 0.135 e. The van der Waals surface area contributed by atoms with Crippen LogP contribution in [0.15, 0.2) is 6.07 Å². The molecule has 1 unspecified atom stereocenters. The molecule has 0 aromatic carbocycles. The lowest BCUT2D eigenvalue weighted by molar-refractivity contribution is 0.120. The van der Waals surface area contributed by atoms with Crippen LogP contribution in [0.4, 0.5) is 11.6 Å². The van der Waals surface area contributed by atoms with Gasteiger partial charge in [0.15, 0.2) is 0 Å². The van der Waals surface area contributed by atoms with Gasteiger partial charge < -0.3 is 15.4 Å². The van der Waals surface area contributed by atoms with Crippen molar-refractivity contribution in [1.29, 1.82) is 0 Å². The number of nitrogens with one attached hydrogen (secondary N) is 2. The summed E-state index contributed by atoms with van der Waals surface area (Å²) < 4.78 is 5.63. The Balaban J connectivity index is 2.02. The van der Waals surface area contributed by atoms with Crippen LogP contribution in [-0.2, 0) is 4.74 Å². The number of anilines is 2. The Morgan fingerprint density at radius 3 is 2.65 bits per heavy atom. The number of hydrogen-bond acceptors (Lipinski definition) is 5. The summed E-state index contributed by atoms with van der Waals surface area (Å²) in [7, 11) is 0. The molecule has 0 bridgehead atoms. The van der Waals surface area contributed by atoms with Gasteiger partial charge in [-0.2, -0.15) is 0 Å². The molecule has 0 radical (unpaired) electrons. The molecule has 1 aliphatic rings. The molecule has 2 N–H and O–H groups in total. The third kappa shape index (κ3) is 4.34. The Bertz CT molecular complexity index is 416. The van der Waals surface area contributed by atoms with E-state index in [1.54, 1.807) is 0 Å². The fourth-order valence-electron chi connectivity index (χ4n) is 2.18. The van der Waals surface area contributed by atoms with E-state index in [0.717, 1.165) is 56.4 Å². The highest BCUT2D eigenvalue weighted by molar-refractivity contribution is 5.48. The van der Waals surface area contributed by atoms with Gasteiger partial charge in [0, 0.05) is 31.7 Å². The quantitative estimate of drug-likeness (QED) is 0.803. The minimum Gasteiger partial charge on any atom is -0.376 e. The van der Waals surface area contributed by atoms with Crippen LogP contribution in [0.1, 0.15) is 51.8 Å². The van der Waals surface area contributed by atoms with Gasteiger partial charge in [-0.25, -0.2) is 9.97 Å². The molecule has 2 heterocycles. The molecule has 1 saturated heterocycles. The number of nitrogens with zero attached hydrogens (tertiary/aromatic N) is 2. The molecule has 0 amide bonds. The first-order valence-corrected chi connectivity index (χ1v) is 7.67. The lowest BCUT2D eigenvalue weighted by Gasteiger charge is -2.14. The van der Waals surface area contributed by atoms with Crippen molar-refractivity contribution in [3.8, 4) is 0 Å². The van der Waals surface area contributed by atoms with Crippen LogP contribution in [0.2, 0.25) is 0 Å². The molecule has 1 atom stereocenters. The average molecular weight is 278 g/mol. The minimum atomic E-state index is 0.319. The Labute approximate surface area is 121 Å². The Morgan fingerprint density at radius 1 is 1.30 bits per heavy atom. The van der Waals surface area contributed by atoms with E-state index in [9.17, 15) is 0 Å². The summed E-state index contributed by atoms with van der Waals surface area (Å²) in [5.74, 6) is 2.99. The second-order valence-corrected chi connectivity index (χ2v) is 5.59. The normalized spacial score (nSPS) is 18.5. The highest BCUT2D eigenvalue weighted by Crippen LogP contribution is 2.18. The van der Waals surface area contributed by atoms with Crippen molar-refractivity contribution < 1.29 is 4.74 Å². The van der Waals surface area contributed by atoms with Crippen LogP contribution in [0.3, 0.4) is 0 Å². The van der Waals surface area contributed by atoms with Crippen LogP contribution >= 0.6 is 0 Å². The maximum absolute atomic E-state index is 5.63. The molecule has 20 heavy (non-hydrogen) atoms. The van der Waals surface area contributed by atoms with E-state index in [1.165, 1.54) is 0 Å². The maximum atomic E-state index is 5.63. The van der Waals surface area contributed by atoms with E-state index in [1.807, 2.05) is 6.07 Å². The number of aromatic nitrogens is 2. The molecular formula is C15H26N4O. The van der Waals surface area contributed by atoms with E-state index >= 15 is 0 Å². The molecule has 1 fully saturated rings. The Hall–Kier alpha value is -1.36. The fourth-order valence-corrected chi connectivity index (χ4v) is 2.18. The zero-order valence-electron chi connectivity index (χ0n) is 12.8. The largest absolute Gasteiger partial charge is 0.376 e. The van der Waals surface area contributed by atoms with Gasteiger partial charge in [-0.05, 0) is 19.3 Å². The van der Waals surface area contributed by atoms with Crippen LogP contribution in [0, 0.1) is 0 Å². The van der Waals surface area contributed by atoms with Crippen LogP contribution in [0.25, 0.3) is 0 Å². The monoisotopic (exact) mass is 278 g/mol. The standard InChI is InChI=1S/C15H26N4O/c1-4-7-16-13-9-14(19-15(18-13)11(2)3)17-10-12-6-5-8-20-12/h9,11-12H,4-8,10H2,1-3H3,(H2,16,17,18,19). The van der Waals surface area contributed by atoms with Crippen LogP contribution < -0.4 is 10.6 Å². The zero-order chi connectivity index (χ0) is 14.4. The molecule has 0 saturated carbocycles. The topological polar surface area (TPSA) is 59.1 Å². The lowest BCUT2D eigenvalue weighted by atomic mass is 10.2. The molecule has 112 valence electrons. The van der Waals surface area contributed by atoms with Gasteiger partial charge in [0.1, 0.15) is 17.5 Å². The first-order chi connectivity index (χ1) is 9.69. The minimum absolute atomic E-state index is 0.319. The van der Waals surface area contributed by atoms with Crippen molar-refractivity contribution in [3.63, 3.8) is 0 Å². The van der Waals surface area contributed by atoms with Gasteiger partial charge in [0.2, 0.25) is 0 Å². The van der Waals surface area contributed by atoms with Crippen molar-refractivity contribution in [2.45, 2.75) is 52.1 Å². The van der Waals surface area contributed by atoms with Crippen LogP contribution in [-0.4, -0.2) is 35.8 Å². The molecule has 2 rings (SSSR count). The van der Waals surface area contributed by atoms with Crippen molar-refractivity contribution in [2.24, 2.45) is 0 Å². The van der Waals surface area contributed by atoms with Crippen LogP contribution in [0.5, 0.6) is 0 Å². The first-order valence-electron chi connectivity index (χ1n) is 7.67. The van der Waals surface area contributed by atoms with E-state index in [0.29, 0.717) is 12.0 Å². The third-order valence-corrected chi connectivity index (χ3v) is 3.35. The van der Waals surface area contributed by atoms with Crippen molar-refractivity contribution in [2.75, 3.05) is 30.3 Å². The van der Waals surface area contributed by atoms with Gasteiger partial charge in [0.05, 0.1) is 6.10 Å². The average Bonchev–Trinajstić information content (AvgIpc) is 2.96. The van der Waals surface area contributed by atoms with E-state index < -0.39 is 0 Å². The van der Waals surface area contributed by atoms with Gasteiger partial charge in [0.25, 0.3) is 0 Å². The molecule has 5 nitrogen and oxygen atoms in total. The zero-order valence-corrected chi connectivity index (χ0v) is 12.8. The van der Waals surface area contributed by atoms with E-state index in [4.69, 9.17) is 4.74 Å². The fraction of sp³-hybridized carbons (Fsp3) is 0.733. The number of rotatable bonds is 7. The molecule has 1 aromatic rings. The summed E-state index contributed by atoms with van der Waals surface area (Å²) >= 11 is 0. The van der Waals surface area contributed by atoms with Crippen molar-refractivity contribution in [1.82, 2.24) is 9.97 Å². The predicted octanol–water partition coefficient (Wildman–Crippen LogP) is 3.01. The molecule has 5 heteroatoms. The molecule has 0 aliphatic carbocycles. The van der Waals surface area contributed by atoms with E-state index in [-0.39, 0.29) is 0 Å². The Kier molecular flexibility index (Phi) is 5.59. The number of ether oxygens (including phenoxy) is 1. The highest BCUT2D eigenvalue weighted by atomic mass is 16.5. The molecular weight excluding hydrogens is 252 g/mol. The van der Waals surface area contributed by atoms with Crippen molar-refractivity contribution in [3.05, 3.63) is 11.9 Å². The van der Waals surface area contributed by atoms with Gasteiger partial charge in [-0.3, -0.25) is 0 Å². The summed E-state index contributed by atoms with van der Waals surface area (Å²) in [5, 5.41) is 6.72. The predicted molar refractivity (Wildman–Crippen MR) is 82.4 cm³/mol. The first kappa shape index (κ1) is 15.0. The maximum Gasteiger partial charge on any atom is 0.135 e. The Morgan fingerprint density at radius 2 is 2.05 bits per heavy atom. The van der Waals surface area contributed by atoms with Crippen molar-refractivity contribution >= 4 is 11.6 Å². The highest BCUT2D eigenvalue weighted by Gasteiger charge is 2.15. The van der Waals surface area contributed by atoms with Gasteiger partial charge >= 0.3 is 0 Å². The van der Waals surface area contributed by atoms with Gasteiger partial charge in [-0.1, -0.05) is 20.8 Å². The SMILES string of the molecule is CCCNc1cc(NCC2CCCO2)nc(C(C)C)n1. The molecule has 0 spiro atoms. The summed E-state index contributed by atoms with van der Waals surface area (Å²) in [5.41, 5.74) is 0. The van der Waals surface area contributed by atoms with Gasteiger partial charge in [-0.15, -0.1) is 0 Å². The second kappa shape index (κ2) is 7.43. The second-order valence-electron chi connectivity index (χ2n) is 5.59. The summed E-state index contributed by atoms with van der Waals surface area (Å²) in [6.07, 6.45) is 3.70.